The SMILES string of the molecule is COc1ccc2oc(=O)cc(CCC(=O)O)c2c1. The fourth-order valence-corrected chi connectivity index (χ4v) is 1.78. The van der Waals surface area contributed by atoms with Gasteiger partial charge >= 0.3 is 11.6 Å². The Morgan fingerprint density at radius 3 is 2.83 bits per heavy atom. The molecule has 1 heterocycles. The van der Waals surface area contributed by atoms with Crippen LogP contribution in [0.3, 0.4) is 0 Å². The van der Waals surface area contributed by atoms with E-state index in [9.17, 15) is 9.59 Å². The number of fused-ring (bicyclic) bond motifs is 1. The number of aryl methyl sites for hydroxylation is 1. The van der Waals surface area contributed by atoms with E-state index in [0.717, 1.165) is 0 Å². The van der Waals surface area contributed by atoms with Crippen LogP contribution in [0.1, 0.15) is 12.0 Å². The van der Waals surface area contributed by atoms with Gasteiger partial charge in [-0.05, 0) is 30.2 Å². The molecular formula is C13H12O5. The first-order chi connectivity index (χ1) is 8.60. The minimum absolute atomic E-state index is 0.0320. The number of carboxylic acid groups (broad SMARTS) is 1. The van der Waals surface area contributed by atoms with E-state index >= 15 is 0 Å². The Morgan fingerprint density at radius 2 is 2.17 bits per heavy atom. The van der Waals surface area contributed by atoms with E-state index in [1.807, 2.05) is 0 Å². The average molecular weight is 248 g/mol. The zero-order chi connectivity index (χ0) is 13.1. The molecular weight excluding hydrogens is 236 g/mol. The third-order valence-electron chi connectivity index (χ3n) is 2.64. The van der Waals surface area contributed by atoms with Crippen LogP contribution >= 0.6 is 0 Å². The van der Waals surface area contributed by atoms with Crippen LogP contribution < -0.4 is 10.4 Å². The molecule has 1 aromatic carbocycles. The van der Waals surface area contributed by atoms with Gasteiger partial charge in [-0.1, -0.05) is 0 Å². The zero-order valence-electron chi connectivity index (χ0n) is 9.80. The molecule has 0 radical (unpaired) electrons. The molecule has 0 aliphatic heterocycles. The second kappa shape index (κ2) is 4.91. The van der Waals surface area contributed by atoms with Gasteiger partial charge in [0.05, 0.1) is 7.11 Å². The van der Waals surface area contributed by atoms with Crippen molar-refractivity contribution in [2.45, 2.75) is 12.8 Å². The van der Waals surface area contributed by atoms with E-state index in [4.69, 9.17) is 14.3 Å². The Balaban J connectivity index is 2.54. The summed E-state index contributed by atoms with van der Waals surface area (Å²) < 4.78 is 10.1. The van der Waals surface area contributed by atoms with E-state index < -0.39 is 11.6 Å². The Bertz CT molecular complexity index is 641. The molecule has 5 heteroatoms. The summed E-state index contributed by atoms with van der Waals surface area (Å²) in [5.41, 5.74) is 0.610. The van der Waals surface area contributed by atoms with Crippen LogP contribution in [-0.4, -0.2) is 18.2 Å². The summed E-state index contributed by atoms with van der Waals surface area (Å²) >= 11 is 0. The molecule has 0 aliphatic rings. The number of hydrogen-bond acceptors (Lipinski definition) is 4. The minimum atomic E-state index is -0.903. The van der Waals surface area contributed by atoms with E-state index in [0.29, 0.717) is 22.3 Å². The van der Waals surface area contributed by atoms with Gasteiger partial charge in [0.25, 0.3) is 0 Å². The highest BCUT2D eigenvalue weighted by Gasteiger charge is 2.08. The van der Waals surface area contributed by atoms with Gasteiger partial charge < -0.3 is 14.3 Å². The number of hydrogen-bond donors (Lipinski definition) is 1. The standard InChI is InChI=1S/C13H12O5/c1-17-9-3-4-11-10(7-9)8(2-5-12(14)15)6-13(16)18-11/h3-4,6-7H,2,5H2,1H3,(H,14,15). The summed E-state index contributed by atoms with van der Waals surface area (Å²) in [5, 5.41) is 9.39. The monoisotopic (exact) mass is 248 g/mol. The van der Waals surface area contributed by atoms with Crippen LogP contribution in [0.25, 0.3) is 11.0 Å². The average Bonchev–Trinajstić information content (AvgIpc) is 2.35. The van der Waals surface area contributed by atoms with Crippen molar-refractivity contribution >= 4 is 16.9 Å². The first-order valence-corrected chi connectivity index (χ1v) is 5.42. The van der Waals surface area contributed by atoms with Gasteiger partial charge in [0, 0.05) is 17.9 Å². The minimum Gasteiger partial charge on any atom is -0.497 e. The molecule has 0 saturated heterocycles. The maximum Gasteiger partial charge on any atom is 0.336 e. The molecule has 0 bridgehead atoms. The first-order valence-electron chi connectivity index (χ1n) is 5.42. The van der Waals surface area contributed by atoms with Crippen LogP contribution in [0.5, 0.6) is 5.75 Å². The van der Waals surface area contributed by atoms with Crippen LogP contribution in [0.2, 0.25) is 0 Å². The maximum atomic E-state index is 11.4. The quantitative estimate of drug-likeness (QED) is 0.835. The normalized spacial score (nSPS) is 10.5. The molecule has 18 heavy (non-hydrogen) atoms. The van der Waals surface area contributed by atoms with Gasteiger partial charge in [-0.2, -0.15) is 0 Å². The van der Waals surface area contributed by atoms with Crippen LogP contribution in [-0.2, 0) is 11.2 Å². The third-order valence-corrected chi connectivity index (χ3v) is 2.64. The van der Waals surface area contributed by atoms with Crippen LogP contribution in [0.15, 0.2) is 33.5 Å². The predicted octanol–water partition coefficient (Wildman–Crippen LogP) is 1.82. The summed E-state index contributed by atoms with van der Waals surface area (Å²) in [6.07, 6.45) is 0.250. The van der Waals surface area contributed by atoms with E-state index in [1.54, 1.807) is 18.2 Å². The van der Waals surface area contributed by atoms with E-state index in [-0.39, 0.29) is 12.8 Å². The van der Waals surface area contributed by atoms with Crippen LogP contribution in [0.4, 0.5) is 0 Å². The molecule has 1 N–H and O–H groups in total. The predicted molar refractivity (Wildman–Crippen MR) is 65.0 cm³/mol. The third kappa shape index (κ3) is 2.51. The number of aliphatic carboxylic acids is 1. The number of benzene rings is 1. The summed E-state index contributed by atoms with van der Waals surface area (Å²) in [7, 11) is 1.54. The molecule has 5 nitrogen and oxygen atoms in total. The van der Waals surface area contributed by atoms with E-state index in [2.05, 4.69) is 0 Å². The summed E-state index contributed by atoms with van der Waals surface area (Å²) in [6.45, 7) is 0. The van der Waals surface area contributed by atoms with Crippen molar-refractivity contribution in [3.63, 3.8) is 0 Å². The Labute approximate surface area is 103 Å². The molecule has 0 saturated carbocycles. The van der Waals surface area contributed by atoms with Crippen molar-refractivity contribution < 1.29 is 19.1 Å². The van der Waals surface area contributed by atoms with Gasteiger partial charge in [-0.25, -0.2) is 4.79 Å². The van der Waals surface area contributed by atoms with Crippen molar-refractivity contribution in [2.75, 3.05) is 7.11 Å². The number of carboxylic acids is 1. The van der Waals surface area contributed by atoms with Crippen LogP contribution in [0, 0.1) is 0 Å². The molecule has 0 unspecified atom stereocenters. The lowest BCUT2D eigenvalue weighted by atomic mass is 10.1. The summed E-state index contributed by atoms with van der Waals surface area (Å²) in [5.74, 6) is -0.271. The van der Waals surface area contributed by atoms with Crippen molar-refractivity contribution in [1.82, 2.24) is 0 Å². The Kier molecular flexibility index (Phi) is 3.32. The van der Waals surface area contributed by atoms with Gasteiger partial charge in [-0.15, -0.1) is 0 Å². The molecule has 2 aromatic rings. The van der Waals surface area contributed by atoms with Gasteiger partial charge in [0.1, 0.15) is 11.3 Å². The lowest BCUT2D eigenvalue weighted by Crippen LogP contribution is -2.04. The highest BCUT2D eigenvalue weighted by atomic mass is 16.5. The number of rotatable bonds is 4. The highest BCUT2D eigenvalue weighted by Crippen LogP contribution is 2.23. The zero-order valence-corrected chi connectivity index (χ0v) is 9.80. The molecule has 2 rings (SSSR count). The molecule has 0 fully saturated rings. The number of ether oxygens (including phenoxy) is 1. The van der Waals surface area contributed by atoms with Crippen molar-refractivity contribution in [2.24, 2.45) is 0 Å². The lowest BCUT2D eigenvalue weighted by molar-refractivity contribution is -0.136. The number of carbonyl (C=O) groups is 1. The largest absolute Gasteiger partial charge is 0.497 e. The molecule has 1 aromatic heterocycles. The molecule has 0 spiro atoms. The molecule has 0 atom stereocenters. The highest BCUT2D eigenvalue weighted by molar-refractivity contribution is 5.82. The van der Waals surface area contributed by atoms with Crippen molar-refractivity contribution in [3.05, 3.63) is 40.2 Å². The maximum absolute atomic E-state index is 11.4. The number of methoxy groups -OCH3 is 1. The van der Waals surface area contributed by atoms with E-state index in [1.165, 1.54) is 13.2 Å². The topological polar surface area (TPSA) is 76.7 Å². The molecule has 0 amide bonds. The summed E-state index contributed by atoms with van der Waals surface area (Å²) in [6, 6.07) is 6.38. The molecule has 0 aliphatic carbocycles. The van der Waals surface area contributed by atoms with Gasteiger partial charge in [0.2, 0.25) is 0 Å². The van der Waals surface area contributed by atoms with Crippen molar-refractivity contribution in [1.29, 1.82) is 0 Å². The summed E-state index contributed by atoms with van der Waals surface area (Å²) in [4.78, 5) is 21.9. The Morgan fingerprint density at radius 1 is 1.39 bits per heavy atom. The molecule has 94 valence electrons. The van der Waals surface area contributed by atoms with Crippen molar-refractivity contribution in [3.8, 4) is 5.75 Å². The second-order valence-electron chi connectivity index (χ2n) is 3.85. The van der Waals surface area contributed by atoms with Gasteiger partial charge in [0.15, 0.2) is 0 Å². The Hall–Kier alpha value is -2.30. The fourth-order valence-electron chi connectivity index (χ4n) is 1.78. The fraction of sp³-hybridized carbons (Fsp3) is 0.231. The smallest absolute Gasteiger partial charge is 0.336 e. The lowest BCUT2D eigenvalue weighted by Gasteiger charge is -2.06. The first kappa shape index (κ1) is 12.2. The van der Waals surface area contributed by atoms with Gasteiger partial charge in [-0.3, -0.25) is 4.79 Å². The second-order valence-corrected chi connectivity index (χ2v) is 3.85.